The van der Waals surface area contributed by atoms with Gasteiger partial charge in [0.15, 0.2) is 0 Å². The van der Waals surface area contributed by atoms with Gasteiger partial charge in [0.2, 0.25) is 5.16 Å². The van der Waals surface area contributed by atoms with Crippen LogP contribution in [0.1, 0.15) is 17.0 Å². The minimum atomic E-state index is -1.02. The lowest BCUT2D eigenvalue weighted by Gasteiger charge is -2.05. The maximum Gasteiger partial charge on any atom is 0.342 e. The molecular formula is C21H17ClN4O2S. The van der Waals surface area contributed by atoms with Crippen molar-refractivity contribution in [3.05, 3.63) is 81.6 Å². The minimum Gasteiger partial charge on any atom is -0.477 e. The first-order chi connectivity index (χ1) is 14.0. The molecule has 0 saturated heterocycles. The van der Waals surface area contributed by atoms with E-state index in [1.54, 1.807) is 13.0 Å². The van der Waals surface area contributed by atoms with Crippen LogP contribution in [0, 0.1) is 6.92 Å². The third kappa shape index (κ3) is 4.36. The summed E-state index contributed by atoms with van der Waals surface area (Å²) in [7, 11) is 0. The van der Waals surface area contributed by atoms with Crippen LogP contribution in [-0.4, -0.2) is 30.8 Å². The third-order valence-corrected chi connectivity index (χ3v) is 5.45. The number of thioether (sulfide) groups is 1. The van der Waals surface area contributed by atoms with Crippen LogP contribution in [0.4, 0.5) is 0 Å². The highest BCUT2D eigenvalue weighted by atomic mass is 35.5. The zero-order chi connectivity index (χ0) is 20.4. The van der Waals surface area contributed by atoms with Crippen LogP contribution in [-0.2, 0) is 11.3 Å². The van der Waals surface area contributed by atoms with E-state index in [-0.39, 0.29) is 4.91 Å². The summed E-state index contributed by atoms with van der Waals surface area (Å²) in [4.78, 5) is 16.1. The van der Waals surface area contributed by atoms with Crippen LogP contribution >= 0.6 is 23.4 Å². The summed E-state index contributed by atoms with van der Waals surface area (Å²) >= 11 is 7.13. The maximum atomic E-state index is 11.8. The van der Waals surface area contributed by atoms with Crippen molar-refractivity contribution < 1.29 is 9.90 Å². The van der Waals surface area contributed by atoms with Gasteiger partial charge in [-0.2, -0.15) is 0 Å². The van der Waals surface area contributed by atoms with Crippen molar-refractivity contribution in [1.82, 2.24) is 19.7 Å². The zero-order valence-corrected chi connectivity index (χ0v) is 17.0. The number of nitrogens with one attached hydrogen (secondary N) is 1. The molecule has 0 aliphatic carbocycles. The molecule has 4 aromatic rings. The van der Waals surface area contributed by atoms with Crippen LogP contribution in [0.25, 0.3) is 17.0 Å². The van der Waals surface area contributed by atoms with Crippen LogP contribution < -0.4 is 0 Å². The number of aromatic nitrogens is 4. The summed E-state index contributed by atoms with van der Waals surface area (Å²) in [5.41, 5.74) is 2.90. The van der Waals surface area contributed by atoms with Crippen molar-refractivity contribution in [3.63, 3.8) is 0 Å². The number of H-pyrrole nitrogens is 1. The minimum absolute atomic E-state index is 0.148. The smallest absolute Gasteiger partial charge is 0.342 e. The Balaban J connectivity index is 1.74. The molecule has 2 N–H and O–H groups in total. The fourth-order valence-electron chi connectivity index (χ4n) is 3.10. The number of rotatable bonds is 6. The maximum absolute atomic E-state index is 11.8. The molecule has 0 spiro atoms. The molecule has 6 nitrogen and oxygen atoms in total. The summed E-state index contributed by atoms with van der Waals surface area (Å²) < 4.78 is 2.09. The fraction of sp³-hybridized carbons (Fsp3) is 0.0952. The standard InChI is InChI=1S/C21H17ClN4O2S/c1-13-23-21(25-24-13)29-19(20(27)28)10-15-12-26(18-8-3-2-7-17(15)18)11-14-5-4-6-16(22)9-14/h2-10,12H,11H2,1H3,(H,27,28)(H,23,24,25)/b19-10-. The lowest BCUT2D eigenvalue weighted by Crippen LogP contribution is -1.98. The summed E-state index contributed by atoms with van der Waals surface area (Å²) in [6.07, 6.45) is 3.62. The first-order valence-electron chi connectivity index (χ1n) is 8.84. The molecule has 0 radical (unpaired) electrons. The van der Waals surface area contributed by atoms with E-state index in [9.17, 15) is 9.90 Å². The average Bonchev–Trinajstić information content (AvgIpc) is 3.25. The molecule has 4 rings (SSSR count). The number of para-hydroxylation sites is 1. The second kappa shape index (κ2) is 8.14. The molecule has 0 unspecified atom stereocenters. The first kappa shape index (κ1) is 19.3. The largest absolute Gasteiger partial charge is 0.477 e. The first-order valence-corrected chi connectivity index (χ1v) is 10.0. The predicted molar refractivity (Wildman–Crippen MR) is 115 cm³/mol. The van der Waals surface area contributed by atoms with E-state index in [0.717, 1.165) is 33.8 Å². The summed E-state index contributed by atoms with van der Waals surface area (Å²) in [6, 6.07) is 15.6. The van der Waals surface area contributed by atoms with E-state index in [0.29, 0.717) is 22.5 Å². The number of carbonyl (C=O) groups is 1. The van der Waals surface area contributed by atoms with Crippen molar-refractivity contribution >= 4 is 46.3 Å². The number of aryl methyl sites for hydroxylation is 1. The van der Waals surface area contributed by atoms with Crippen LogP contribution in [0.2, 0.25) is 5.02 Å². The Hall–Kier alpha value is -3.03. The Morgan fingerprint density at radius 3 is 2.83 bits per heavy atom. The summed E-state index contributed by atoms with van der Waals surface area (Å²) in [5.74, 6) is -0.389. The number of fused-ring (bicyclic) bond motifs is 1. The van der Waals surface area contributed by atoms with Crippen molar-refractivity contribution in [2.45, 2.75) is 18.6 Å². The number of carboxylic acids is 1. The van der Waals surface area contributed by atoms with E-state index in [1.165, 1.54) is 0 Å². The number of hydrogen-bond donors (Lipinski definition) is 2. The highest BCUT2D eigenvalue weighted by molar-refractivity contribution is 8.04. The molecule has 29 heavy (non-hydrogen) atoms. The number of aromatic amines is 1. The lowest BCUT2D eigenvalue weighted by molar-refractivity contribution is -0.131. The molecule has 0 aliphatic heterocycles. The molecule has 8 heteroatoms. The zero-order valence-electron chi connectivity index (χ0n) is 15.5. The van der Waals surface area contributed by atoms with Gasteiger partial charge in [-0.15, -0.1) is 5.10 Å². The topological polar surface area (TPSA) is 83.8 Å². The van der Waals surface area contributed by atoms with Crippen LogP contribution in [0.15, 0.2) is 64.8 Å². The van der Waals surface area contributed by atoms with Crippen LogP contribution in [0.5, 0.6) is 0 Å². The van der Waals surface area contributed by atoms with Gasteiger partial charge in [0.1, 0.15) is 10.7 Å². The van der Waals surface area contributed by atoms with Crippen LogP contribution in [0.3, 0.4) is 0 Å². The van der Waals surface area contributed by atoms with Gasteiger partial charge in [-0.05, 0) is 48.5 Å². The molecule has 0 saturated carbocycles. The van der Waals surface area contributed by atoms with Gasteiger partial charge in [-0.1, -0.05) is 41.9 Å². The molecule has 2 aromatic heterocycles. The number of halogens is 1. The molecular weight excluding hydrogens is 408 g/mol. The third-order valence-electron chi connectivity index (χ3n) is 4.34. The normalized spacial score (nSPS) is 11.9. The lowest BCUT2D eigenvalue weighted by atomic mass is 10.1. The van der Waals surface area contributed by atoms with Crippen molar-refractivity contribution in [1.29, 1.82) is 0 Å². The number of nitrogens with zero attached hydrogens (tertiary/aromatic N) is 3. The van der Waals surface area contributed by atoms with E-state index < -0.39 is 5.97 Å². The van der Waals surface area contributed by atoms with E-state index in [1.807, 2.05) is 54.7 Å². The van der Waals surface area contributed by atoms with Gasteiger partial charge >= 0.3 is 5.97 Å². The van der Waals surface area contributed by atoms with Crippen molar-refractivity contribution in [2.24, 2.45) is 0 Å². The average molecular weight is 425 g/mol. The Morgan fingerprint density at radius 2 is 2.10 bits per heavy atom. The van der Waals surface area contributed by atoms with E-state index in [2.05, 4.69) is 19.7 Å². The fourth-order valence-corrected chi connectivity index (χ4v) is 4.05. The van der Waals surface area contributed by atoms with Gasteiger partial charge in [0, 0.05) is 34.2 Å². The van der Waals surface area contributed by atoms with Crippen molar-refractivity contribution in [2.75, 3.05) is 0 Å². The molecule has 0 aliphatic rings. The molecule has 0 atom stereocenters. The van der Waals surface area contributed by atoms with Gasteiger partial charge < -0.3 is 9.67 Å². The predicted octanol–water partition coefficient (Wildman–Crippen LogP) is 4.99. The molecule has 0 amide bonds. The highest BCUT2D eigenvalue weighted by Gasteiger charge is 2.15. The molecule has 2 heterocycles. The number of hydrogen-bond acceptors (Lipinski definition) is 4. The van der Waals surface area contributed by atoms with Gasteiger partial charge in [0.05, 0.1) is 0 Å². The summed E-state index contributed by atoms with van der Waals surface area (Å²) in [6.45, 7) is 2.40. The van der Waals surface area contributed by atoms with E-state index >= 15 is 0 Å². The molecule has 0 fully saturated rings. The van der Waals surface area contributed by atoms with Gasteiger partial charge in [0.25, 0.3) is 0 Å². The monoisotopic (exact) mass is 424 g/mol. The second-order valence-corrected chi connectivity index (χ2v) is 7.92. The number of carboxylic acid groups (broad SMARTS) is 1. The van der Waals surface area contributed by atoms with Gasteiger partial charge in [-0.25, -0.2) is 9.78 Å². The Morgan fingerprint density at radius 1 is 1.28 bits per heavy atom. The highest BCUT2D eigenvalue weighted by Crippen LogP contribution is 2.30. The quantitative estimate of drug-likeness (QED) is 0.336. The SMILES string of the molecule is Cc1nc(S/C(=C\c2cn(Cc3cccc(Cl)c3)c3ccccc23)C(=O)O)n[nH]1. The summed E-state index contributed by atoms with van der Waals surface area (Å²) in [5, 5.41) is 18.4. The second-order valence-electron chi connectivity index (χ2n) is 6.48. The Bertz CT molecular complexity index is 1230. The van der Waals surface area contributed by atoms with Crippen molar-refractivity contribution in [3.8, 4) is 0 Å². The number of benzene rings is 2. The molecule has 0 bridgehead atoms. The number of aliphatic carboxylic acids is 1. The molecule has 146 valence electrons. The van der Waals surface area contributed by atoms with E-state index in [4.69, 9.17) is 11.6 Å². The Labute approximate surface area is 176 Å². The molecule has 2 aromatic carbocycles. The Kier molecular flexibility index (Phi) is 5.42. The van der Waals surface area contributed by atoms with Gasteiger partial charge in [-0.3, -0.25) is 5.10 Å².